The highest BCUT2D eigenvalue weighted by Crippen LogP contribution is 2.19. The van der Waals surface area contributed by atoms with Gasteiger partial charge in [-0.3, -0.25) is 4.79 Å². The van der Waals surface area contributed by atoms with Crippen molar-refractivity contribution in [2.45, 2.75) is 33.2 Å². The molecule has 3 N–H and O–H groups in total. The first kappa shape index (κ1) is 14.1. The number of hydrogen-bond donors (Lipinski definition) is 2. The lowest BCUT2D eigenvalue weighted by Crippen LogP contribution is -2.24. The van der Waals surface area contributed by atoms with E-state index in [0.717, 1.165) is 23.5 Å². The fourth-order valence-corrected chi connectivity index (χ4v) is 2.16. The summed E-state index contributed by atoms with van der Waals surface area (Å²) in [5.41, 5.74) is 8.14. The SMILES string of the molecule is CCc1nccn1C(C)C(=O)Nc1ccc(N)cc1C. The summed E-state index contributed by atoms with van der Waals surface area (Å²) in [6, 6.07) is 5.14. The molecule has 1 heterocycles. The molecule has 0 radical (unpaired) electrons. The highest BCUT2D eigenvalue weighted by Gasteiger charge is 2.17. The smallest absolute Gasteiger partial charge is 0.247 e. The van der Waals surface area contributed by atoms with Gasteiger partial charge in [-0.05, 0) is 37.6 Å². The zero-order valence-corrected chi connectivity index (χ0v) is 12.1. The molecule has 1 atom stereocenters. The topological polar surface area (TPSA) is 72.9 Å². The number of carbonyl (C=O) groups excluding carboxylic acids is 1. The normalized spacial score (nSPS) is 12.2. The van der Waals surface area contributed by atoms with Gasteiger partial charge in [-0.15, -0.1) is 0 Å². The van der Waals surface area contributed by atoms with E-state index in [4.69, 9.17) is 5.73 Å². The molecule has 0 saturated carbocycles. The predicted molar refractivity (Wildman–Crippen MR) is 80.5 cm³/mol. The van der Waals surface area contributed by atoms with Crippen molar-refractivity contribution in [1.29, 1.82) is 0 Å². The highest BCUT2D eigenvalue weighted by atomic mass is 16.2. The average Bonchev–Trinajstić information content (AvgIpc) is 2.89. The summed E-state index contributed by atoms with van der Waals surface area (Å²) in [5.74, 6) is 0.840. The molecule has 5 heteroatoms. The molecule has 0 spiro atoms. The summed E-state index contributed by atoms with van der Waals surface area (Å²) < 4.78 is 1.89. The second-order valence-corrected chi connectivity index (χ2v) is 4.84. The Morgan fingerprint density at radius 3 is 2.90 bits per heavy atom. The number of anilines is 2. The molecule has 2 aromatic rings. The molecule has 106 valence electrons. The van der Waals surface area contributed by atoms with Gasteiger partial charge >= 0.3 is 0 Å². The lowest BCUT2D eigenvalue weighted by molar-refractivity contribution is -0.118. The maximum absolute atomic E-state index is 12.3. The lowest BCUT2D eigenvalue weighted by Gasteiger charge is -2.17. The number of benzene rings is 1. The molecular weight excluding hydrogens is 252 g/mol. The van der Waals surface area contributed by atoms with Crippen molar-refractivity contribution in [2.24, 2.45) is 0 Å². The summed E-state index contributed by atoms with van der Waals surface area (Å²) in [7, 11) is 0. The van der Waals surface area contributed by atoms with Crippen LogP contribution in [0.25, 0.3) is 0 Å². The number of nitrogens with one attached hydrogen (secondary N) is 1. The quantitative estimate of drug-likeness (QED) is 0.840. The first-order valence-corrected chi connectivity index (χ1v) is 6.71. The van der Waals surface area contributed by atoms with E-state index in [-0.39, 0.29) is 11.9 Å². The summed E-state index contributed by atoms with van der Waals surface area (Å²) in [6.07, 6.45) is 4.35. The van der Waals surface area contributed by atoms with E-state index < -0.39 is 0 Å². The molecule has 0 aliphatic heterocycles. The number of aryl methyl sites for hydroxylation is 2. The first-order valence-electron chi connectivity index (χ1n) is 6.71. The van der Waals surface area contributed by atoms with Gasteiger partial charge in [0.05, 0.1) is 0 Å². The van der Waals surface area contributed by atoms with Crippen LogP contribution in [-0.2, 0) is 11.2 Å². The van der Waals surface area contributed by atoms with Crippen LogP contribution in [0.5, 0.6) is 0 Å². The highest BCUT2D eigenvalue weighted by molar-refractivity contribution is 5.94. The number of nitrogens with zero attached hydrogens (tertiary/aromatic N) is 2. The first-order chi connectivity index (χ1) is 9.52. The molecular formula is C15H20N4O. The van der Waals surface area contributed by atoms with E-state index >= 15 is 0 Å². The van der Waals surface area contributed by atoms with Gasteiger partial charge in [0.1, 0.15) is 11.9 Å². The van der Waals surface area contributed by atoms with E-state index in [1.165, 1.54) is 0 Å². The molecule has 0 fully saturated rings. The monoisotopic (exact) mass is 272 g/mol. The van der Waals surface area contributed by atoms with Crippen molar-refractivity contribution in [1.82, 2.24) is 9.55 Å². The van der Waals surface area contributed by atoms with Crippen LogP contribution in [0.15, 0.2) is 30.6 Å². The second-order valence-electron chi connectivity index (χ2n) is 4.84. The Hall–Kier alpha value is -2.30. The van der Waals surface area contributed by atoms with Crippen LogP contribution in [-0.4, -0.2) is 15.5 Å². The minimum atomic E-state index is -0.301. The Bertz CT molecular complexity index is 618. The van der Waals surface area contributed by atoms with E-state index in [2.05, 4.69) is 10.3 Å². The summed E-state index contributed by atoms with van der Waals surface area (Å²) in [6.45, 7) is 5.81. The number of aromatic nitrogens is 2. The van der Waals surface area contributed by atoms with Crippen molar-refractivity contribution in [3.8, 4) is 0 Å². The zero-order chi connectivity index (χ0) is 14.7. The minimum absolute atomic E-state index is 0.0643. The van der Waals surface area contributed by atoms with Crippen molar-refractivity contribution >= 4 is 17.3 Å². The number of hydrogen-bond acceptors (Lipinski definition) is 3. The summed E-state index contributed by atoms with van der Waals surface area (Å²) in [5, 5.41) is 2.93. The van der Waals surface area contributed by atoms with Gasteiger partial charge in [0, 0.05) is 30.2 Å². The molecule has 0 aliphatic rings. The van der Waals surface area contributed by atoms with Gasteiger partial charge in [0.25, 0.3) is 0 Å². The van der Waals surface area contributed by atoms with Crippen LogP contribution in [0.3, 0.4) is 0 Å². The van der Waals surface area contributed by atoms with Crippen LogP contribution in [0.4, 0.5) is 11.4 Å². The third-order valence-corrected chi connectivity index (χ3v) is 3.37. The van der Waals surface area contributed by atoms with Crippen LogP contribution in [0, 0.1) is 6.92 Å². The maximum Gasteiger partial charge on any atom is 0.247 e. The summed E-state index contributed by atoms with van der Waals surface area (Å²) >= 11 is 0. The molecule has 1 unspecified atom stereocenters. The van der Waals surface area contributed by atoms with E-state index in [0.29, 0.717) is 5.69 Å². The van der Waals surface area contributed by atoms with E-state index in [1.54, 1.807) is 12.3 Å². The van der Waals surface area contributed by atoms with Crippen LogP contribution in [0.2, 0.25) is 0 Å². The van der Waals surface area contributed by atoms with E-state index in [9.17, 15) is 4.79 Å². The van der Waals surface area contributed by atoms with E-state index in [1.807, 2.05) is 43.7 Å². The van der Waals surface area contributed by atoms with Crippen LogP contribution in [0.1, 0.15) is 31.3 Å². The molecule has 2 rings (SSSR count). The number of rotatable bonds is 4. The van der Waals surface area contributed by atoms with Crippen LogP contribution >= 0.6 is 0 Å². The van der Waals surface area contributed by atoms with Gasteiger partial charge in [0.15, 0.2) is 0 Å². The van der Waals surface area contributed by atoms with Gasteiger partial charge in [-0.2, -0.15) is 0 Å². The van der Waals surface area contributed by atoms with Crippen molar-refractivity contribution in [2.75, 3.05) is 11.1 Å². The molecule has 0 saturated heterocycles. The maximum atomic E-state index is 12.3. The van der Waals surface area contributed by atoms with Gasteiger partial charge < -0.3 is 15.6 Å². The molecule has 20 heavy (non-hydrogen) atoms. The largest absolute Gasteiger partial charge is 0.399 e. The molecule has 0 bridgehead atoms. The average molecular weight is 272 g/mol. The number of imidazole rings is 1. The fraction of sp³-hybridized carbons (Fsp3) is 0.333. The zero-order valence-electron chi connectivity index (χ0n) is 12.1. The van der Waals surface area contributed by atoms with Crippen LogP contribution < -0.4 is 11.1 Å². The molecule has 0 aliphatic carbocycles. The standard InChI is InChI=1S/C15H20N4O/c1-4-14-17-7-8-19(14)11(3)15(20)18-13-6-5-12(16)9-10(13)2/h5-9,11H,4,16H2,1-3H3,(H,18,20). The number of amides is 1. The lowest BCUT2D eigenvalue weighted by atomic mass is 10.1. The Labute approximate surface area is 118 Å². The van der Waals surface area contributed by atoms with Crippen molar-refractivity contribution in [3.63, 3.8) is 0 Å². The number of nitrogen functional groups attached to an aromatic ring is 1. The minimum Gasteiger partial charge on any atom is -0.399 e. The predicted octanol–water partition coefficient (Wildman–Crippen LogP) is 2.54. The third-order valence-electron chi connectivity index (χ3n) is 3.37. The fourth-order valence-electron chi connectivity index (χ4n) is 2.16. The summed E-state index contributed by atoms with van der Waals surface area (Å²) in [4.78, 5) is 16.6. The Kier molecular flexibility index (Phi) is 4.08. The number of carbonyl (C=O) groups is 1. The molecule has 1 amide bonds. The third kappa shape index (κ3) is 2.82. The van der Waals surface area contributed by atoms with Gasteiger partial charge in [-0.25, -0.2) is 4.98 Å². The Morgan fingerprint density at radius 2 is 2.25 bits per heavy atom. The number of nitrogens with two attached hydrogens (primary N) is 1. The van der Waals surface area contributed by atoms with Gasteiger partial charge in [-0.1, -0.05) is 6.92 Å². The van der Waals surface area contributed by atoms with Gasteiger partial charge in [0.2, 0.25) is 5.91 Å². The Morgan fingerprint density at radius 1 is 1.50 bits per heavy atom. The molecule has 1 aromatic heterocycles. The van der Waals surface area contributed by atoms with Crippen molar-refractivity contribution in [3.05, 3.63) is 42.0 Å². The second kappa shape index (κ2) is 5.77. The molecule has 5 nitrogen and oxygen atoms in total. The van der Waals surface area contributed by atoms with Crippen molar-refractivity contribution < 1.29 is 4.79 Å². The molecule has 1 aromatic carbocycles. The Balaban J connectivity index is 2.15.